The summed E-state index contributed by atoms with van der Waals surface area (Å²) < 4.78 is 10.9. The maximum absolute atomic E-state index is 12.6. The Kier molecular flexibility index (Phi) is 7.27. The number of hydrogen-bond donors (Lipinski definition) is 1. The molecule has 0 spiro atoms. The van der Waals surface area contributed by atoms with Crippen LogP contribution in [-0.4, -0.2) is 94.0 Å². The van der Waals surface area contributed by atoms with Gasteiger partial charge in [-0.3, -0.25) is 9.69 Å². The summed E-state index contributed by atoms with van der Waals surface area (Å²) in [5.41, 5.74) is -1.20. The maximum atomic E-state index is 12.6. The first-order valence-corrected chi connectivity index (χ1v) is 10.6. The molecule has 0 aliphatic carbocycles. The van der Waals surface area contributed by atoms with Gasteiger partial charge in [0.1, 0.15) is 11.2 Å². The van der Waals surface area contributed by atoms with Crippen LogP contribution in [0.15, 0.2) is 0 Å². The predicted molar refractivity (Wildman–Crippen MR) is 111 cm³/mol. The van der Waals surface area contributed by atoms with Crippen LogP contribution in [0.4, 0.5) is 9.59 Å². The number of carbonyl (C=O) groups is 3. The fraction of sp³-hybridized carbons (Fsp3) is 0.857. The van der Waals surface area contributed by atoms with E-state index >= 15 is 0 Å². The summed E-state index contributed by atoms with van der Waals surface area (Å²) in [6, 6.07) is -0.0903. The zero-order valence-electron chi connectivity index (χ0n) is 19.3. The number of amides is 2. The SMILES string of the molecule is C[C@H]1CN(C(=O)OC(C)(C)C)CCN1[C@@H]1C[C@H](C(=O)O)CN(C(=O)OC(C)(C)C)C1. The molecule has 2 rings (SSSR count). The van der Waals surface area contributed by atoms with Crippen molar-refractivity contribution in [3.63, 3.8) is 0 Å². The summed E-state index contributed by atoms with van der Waals surface area (Å²) in [4.78, 5) is 42.1. The number of carbonyl (C=O) groups excluding carboxylic acids is 2. The third-order valence-electron chi connectivity index (χ3n) is 5.23. The molecule has 0 aromatic carbocycles. The van der Waals surface area contributed by atoms with E-state index in [1.807, 2.05) is 27.7 Å². The second-order valence-corrected chi connectivity index (χ2v) is 10.3. The Balaban J connectivity index is 2.07. The number of nitrogens with zero attached hydrogens (tertiary/aromatic N) is 3. The largest absolute Gasteiger partial charge is 0.481 e. The average molecular weight is 428 g/mol. The number of carboxylic acids is 1. The van der Waals surface area contributed by atoms with Gasteiger partial charge in [-0.15, -0.1) is 0 Å². The number of likely N-dealkylation sites (tertiary alicyclic amines) is 1. The lowest BCUT2D eigenvalue weighted by Crippen LogP contribution is -2.62. The molecular weight excluding hydrogens is 390 g/mol. The summed E-state index contributed by atoms with van der Waals surface area (Å²) in [6.45, 7) is 15.0. The van der Waals surface area contributed by atoms with Gasteiger partial charge < -0.3 is 24.4 Å². The Bertz CT molecular complexity index is 654. The van der Waals surface area contributed by atoms with Crippen LogP contribution < -0.4 is 0 Å². The third-order valence-corrected chi connectivity index (χ3v) is 5.23. The minimum Gasteiger partial charge on any atom is -0.481 e. The van der Waals surface area contributed by atoms with Crippen LogP contribution in [0, 0.1) is 5.92 Å². The molecule has 30 heavy (non-hydrogen) atoms. The van der Waals surface area contributed by atoms with Crippen LogP contribution in [0.2, 0.25) is 0 Å². The molecule has 2 amide bonds. The molecule has 3 atom stereocenters. The highest BCUT2D eigenvalue weighted by Crippen LogP contribution is 2.26. The first kappa shape index (κ1) is 24.2. The molecule has 9 nitrogen and oxygen atoms in total. The molecule has 2 heterocycles. The molecule has 1 N–H and O–H groups in total. The Morgan fingerprint density at radius 3 is 1.83 bits per heavy atom. The van der Waals surface area contributed by atoms with E-state index in [0.717, 1.165) is 0 Å². The van der Waals surface area contributed by atoms with Crippen molar-refractivity contribution in [2.24, 2.45) is 5.92 Å². The Morgan fingerprint density at radius 2 is 1.37 bits per heavy atom. The zero-order chi connectivity index (χ0) is 22.9. The molecule has 0 aromatic rings. The number of piperazine rings is 1. The van der Waals surface area contributed by atoms with Crippen molar-refractivity contribution in [2.75, 3.05) is 32.7 Å². The van der Waals surface area contributed by atoms with Gasteiger partial charge in [0.15, 0.2) is 0 Å². The summed E-state index contributed by atoms with van der Waals surface area (Å²) in [6.07, 6.45) is -0.360. The van der Waals surface area contributed by atoms with E-state index in [-0.39, 0.29) is 24.7 Å². The summed E-state index contributed by atoms with van der Waals surface area (Å²) in [5, 5.41) is 9.61. The molecule has 0 aromatic heterocycles. The van der Waals surface area contributed by atoms with Crippen molar-refractivity contribution in [3.05, 3.63) is 0 Å². The molecule has 2 saturated heterocycles. The van der Waals surface area contributed by atoms with Gasteiger partial charge >= 0.3 is 18.2 Å². The van der Waals surface area contributed by atoms with E-state index in [9.17, 15) is 19.5 Å². The normalized spacial score (nSPS) is 26.3. The van der Waals surface area contributed by atoms with Crippen LogP contribution in [-0.2, 0) is 14.3 Å². The van der Waals surface area contributed by atoms with Gasteiger partial charge in [-0.1, -0.05) is 0 Å². The van der Waals surface area contributed by atoms with Crippen LogP contribution in [0.25, 0.3) is 0 Å². The molecule has 0 radical (unpaired) electrons. The summed E-state index contributed by atoms with van der Waals surface area (Å²) in [5.74, 6) is -1.55. The average Bonchev–Trinajstić information content (AvgIpc) is 2.58. The Labute approximate surface area is 179 Å². The van der Waals surface area contributed by atoms with Gasteiger partial charge in [-0.25, -0.2) is 9.59 Å². The van der Waals surface area contributed by atoms with Crippen LogP contribution in [0.3, 0.4) is 0 Å². The number of ether oxygens (including phenoxy) is 2. The van der Waals surface area contributed by atoms with Crippen molar-refractivity contribution in [1.29, 1.82) is 0 Å². The second-order valence-electron chi connectivity index (χ2n) is 10.3. The van der Waals surface area contributed by atoms with E-state index in [2.05, 4.69) is 4.90 Å². The van der Waals surface area contributed by atoms with E-state index in [1.165, 1.54) is 4.90 Å². The summed E-state index contributed by atoms with van der Waals surface area (Å²) in [7, 11) is 0. The van der Waals surface area contributed by atoms with Crippen molar-refractivity contribution in [1.82, 2.24) is 14.7 Å². The van der Waals surface area contributed by atoms with Gasteiger partial charge in [0.05, 0.1) is 5.92 Å². The van der Waals surface area contributed by atoms with E-state index in [0.29, 0.717) is 32.6 Å². The second kappa shape index (κ2) is 8.99. The smallest absolute Gasteiger partial charge is 0.410 e. The standard InChI is InChI=1S/C21H37N3O6/c1-14-11-22(18(27)29-20(2,3)4)8-9-24(14)16-10-15(17(25)26)12-23(13-16)19(28)30-21(5,6)7/h14-16H,8-13H2,1-7H3,(H,25,26)/t14-,15-,16+/m0/s1. The number of rotatable bonds is 2. The lowest BCUT2D eigenvalue weighted by atomic mass is 9.92. The number of aliphatic carboxylic acids is 1. The zero-order valence-corrected chi connectivity index (χ0v) is 19.3. The highest BCUT2D eigenvalue weighted by Gasteiger charge is 2.41. The molecule has 0 saturated carbocycles. The lowest BCUT2D eigenvalue weighted by molar-refractivity contribution is -0.144. The third kappa shape index (κ3) is 6.75. The fourth-order valence-corrected chi connectivity index (χ4v) is 3.97. The minimum atomic E-state index is -0.909. The topological polar surface area (TPSA) is 99.6 Å². The fourth-order valence-electron chi connectivity index (χ4n) is 3.97. The van der Waals surface area contributed by atoms with E-state index < -0.39 is 29.2 Å². The van der Waals surface area contributed by atoms with Crippen molar-refractivity contribution < 1.29 is 29.0 Å². The van der Waals surface area contributed by atoms with Crippen LogP contribution >= 0.6 is 0 Å². The van der Waals surface area contributed by atoms with Gasteiger partial charge in [0.25, 0.3) is 0 Å². The quantitative estimate of drug-likeness (QED) is 0.723. The van der Waals surface area contributed by atoms with Gasteiger partial charge in [-0.05, 0) is 54.9 Å². The molecule has 0 bridgehead atoms. The van der Waals surface area contributed by atoms with Crippen molar-refractivity contribution in [2.45, 2.75) is 78.2 Å². The minimum absolute atomic E-state index is 0.0179. The highest BCUT2D eigenvalue weighted by molar-refractivity contribution is 5.73. The Hall–Kier alpha value is -2.03. The number of carboxylic acid groups (broad SMARTS) is 1. The molecular formula is C21H37N3O6. The molecule has 172 valence electrons. The maximum Gasteiger partial charge on any atom is 0.410 e. The van der Waals surface area contributed by atoms with Gasteiger partial charge in [0.2, 0.25) is 0 Å². The van der Waals surface area contributed by atoms with Crippen molar-refractivity contribution in [3.8, 4) is 0 Å². The molecule has 0 unspecified atom stereocenters. The van der Waals surface area contributed by atoms with E-state index in [1.54, 1.807) is 25.7 Å². The number of hydrogen-bond acceptors (Lipinski definition) is 6. The monoisotopic (exact) mass is 427 g/mol. The predicted octanol–water partition coefficient (Wildman–Crippen LogP) is 2.64. The Morgan fingerprint density at radius 1 is 0.833 bits per heavy atom. The molecule has 2 fully saturated rings. The highest BCUT2D eigenvalue weighted by atomic mass is 16.6. The van der Waals surface area contributed by atoms with Gasteiger partial charge in [0, 0.05) is 44.8 Å². The van der Waals surface area contributed by atoms with Crippen LogP contribution in [0.5, 0.6) is 0 Å². The van der Waals surface area contributed by atoms with Crippen LogP contribution in [0.1, 0.15) is 54.9 Å². The lowest BCUT2D eigenvalue weighted by Gasteiger charge is -2.47. The number of piperidine rings is 1. The van der Waals surface area contributed by atoms with Gasteiger partial charge in [-0.2, -0.15) is 0 Å². The first-order chi connectivity index (χ1) is 13.7. The molecule has 2 aliphatic rings. The van der Waals surface area contributed by atoms with Crippen molar-refractivity contribution >= 4 is 18.2 Å². The van der Waals surface area contributed by atoms with E-state index in [4.69, 9.17) is 9.47 Å². The summed E-state index contributed by atoms with van der Waals surface area (Å²) >= 11 is 0. The first-order valence-electron chi connectivity index (χ1n) is 10.6. The molecule has 9 heteroatoms. The molecule has 2 aliphatic heterocycles.